The molecule has 2 unspecified atom stereocenters. The van der Waals surface area contributed by atoms with Gasteiger partial charge < -0.3 is 5.32 Å². The molecule has 2 rings (SSSR count). The molecule has 0 amide bonds. The second kappa shape index (κ2) is 6.67. The lowest BCUT2D eigenvalue weighted by Crippen LogP contribution is -2.24. The molecule has 0 radical (unpaired) electrons. The lowest BCUT2D eigenvalue weighted by Gasteiger charge is -2.23. The minimum atomic E-state index is -0.188. The highest BCUT2D eigenvalue weighted by Crippen LogP contribution is 2.22. The Labute approximate surface area is 120 Å². The third-order valence-electron chi connectivity index (χ3n) is 3.71. The molecule has 20 heavy (non-hydrogen) atoms. The van der Waals surface area contributed by atoms with Crippen molar-refractivity contribution in [1.29, 1.82) is 0 Å². The number of aryl methyl sites for hydroxylation is 1. The van der Waals surface area contributed by atoms with Crippen LogP contribution in [-0.2, 0) is 0 Å². The normalized spacial score (nSPS) is 14.0. The zero-order valence-electron chi connectivity index (χ0n) is 12.4. The summed E-state index contributed by atoms with van der Waals surface area (Å²) in [4.78, 5) is 0. The van der Waals surface area contributed by atoms with Crippen LogP contribution in [0.25, 0.3) is 0 Å². The van der Waals surface area contributed by atoms with Crippen LogP contribution in [0.2, 0.25) is 0 Å². The van der Waals surface area contributed by atoms with Gasteiger partial charge in [-0.15, -0.1) is 0 Å². The van der Waals surface area contributed by atoms with Gasteiger partial charge in [-0.1, -0.05) is 48.9 Å². The molecular weight excluding hydrogens is 249 g/mol. The van der Waals surface area contributed by atoms with Gasteiger partial charge in [-0.3, -0.25) is 0 Å². The highest BCUT2D eigenvalue weighted by molar-refractivity contribution is 5.25. The smallest absolute Gasteiger partial charge is 0.123 e. The molecule has 0 aliphatic heterocycles. The van der Waals surface area contributed by atoms with Crippen molar-refractivity contribution < 1.29 is 4.39 Å². The summed E-state index contributed by atoms with van der Waals surface area (Å²) in [6.45, 7) is 6.39. The number of halogens is 1. The lowest BCUT2D eigenvalue weighted by atomic mass is 10.0. The quantitative estimate of drug-likeness (QED) is 0.812. The summed E-state index contributed by atoms with van der Waals surface area (Å²) in [7, 11) is 0. The van der Waals surface area contributed by atoms with Gasteiger partial charge in [0.15, 0.2) is 0 Å². The van der Waals surface area contributed by atoms with E-state index < -0.39 is 0 Å². The highest BCUT2D eigenvalue weighted by atomic mass is 19.1. The van der Waals surface area contributed by atoms with E-state index in [0.29, 0.717) is 6.04 Å². The Bertz CT molecular complexity index is 530. The van der Waals surface area contributed by atoms with Crippen molar-refractivity contribution in [1.82, 2.24) is 5.32 Å². The molecule has 0 aliphatic carbocycles. The first kappa shape index (κ1) is 14.7. The van der Waals surface area contributed by atoms with Crippen LogP contribution in [0, 0.1) is 12.7 Å². The van der Waals surface area contributed by atoms with Gasteiger partial charge in [-0.05, 0) is 43.5 Å². The van der Waals surface area contributed by atoms with Crippen LogP contribution in [0.1, 0.15) is 49.0 Å². The Morgan fingerprint density at radius 2 is 1.50 bits per heavy atom. The van der Waals surface area contributed by atoms with Crippen molar-refractivity contribution in [3.63, 3.8) is 0 Å². The maximum Gasteiger partial charge on any atom is 0.123 e. The van der Waals surface area contributed by atoms with E-state index in [4.69, 9.17) is 0 Å². The van der Waals surface area contributed by atoms with Gasteiger partial charge in [0, 0.05) is 12.1 Å². The summed E-state index contributed by atoms with van der Waals surface area (Å²) in [5, 5.41) is 3.62. The highest BCUT2D eigenvalue weighted by Gasteiger charge is 2.13. The minimum absolute atomic E-state index is 0.188. The first-order valence-corrected chi connectivity index (χ1v) is 7.18. The van der Waals surface area contributed by atoms with E-state index in [2.05, 4.69) is 50.4 Å². The van der Waals surface area contributed by atoms with Crippen molar-refractivity contribution >= 4 is 0 Å². The van der Waals surface area contributed by atoms with Crippen LogP contribution in [0.15, 0.2) is 48.5 Å². The fourth-order valence-corrected chi connectivity index (χ4v) is 2.40. The molecule has 0 fully saturated rings. The molecule has 0 saturated carbocycles. The molecule has 0 aliphatic rings. The van der Waals surface area contributed by atoms with Crippen molar-refractivity contribution in [2.75, 3.05) is 0 Å². The molecule has 0 spiro atoms. The molecule has 0 aromatic heterocycles. The number of benzene rings is 2. The van der Waals surface area contributed by atoms with Crippen LogP contribution < -0.4 is 5.32 Å². The second-order valence-electron chi connectivity index (χ2n) is 5.31. The zero-order valence-corrected chi connectivity index (χ0v) is 12.4. The summed E-state index contributed by atoms with van der Waals surface area (Å²) in [6, 6.07) is 15.9. The minimum Gasteiger partial charge on any atom is -0.303 e. The Hall–Kier alpha value is -1.67. The number of nitrogens with one attached hydrogen (secondary N) is 1. The maximum absolute atomic E-state index is 13.0. The van der Waals surface area contributed by atoms with Gasteiger partial charge in [0.25, 0.3) is 0 Å². The lowest BCUT2D eigenvalue weighted by molar-refractivity contribution is 0.456. The van der Waals surface area contributed by atoms with Gasteiger partial charge in [0.05, 0.1) is 0 Å². The monoisotopic (exact) mass is 271 g/mol. The first-order valence-electron chi connectivity index (χ1n) is 7.18. The molecule has 0 saturated heterocycles. The first-order chi connectivity index (χ1) is 9.60. The molecule has 2 aromatic carbocycles. The van der Waals surface area contributed by atoms with E-state index >= 15 is 0 Å². The predicted molar refractivity (Wildman–Crippen MR) is 82.2 cm³/mol. The number of hydrogen-bond acceptors (Lipinski definition) is 1. The summed E-state index contributed by atoms with van der Waals surface area (Å²) in [5.74, 6) is -0.188. The van der Waals surface area contributed by atoms with Crippen LogP contribution in [0.5, 0.6) is 0 Å². The summed E-state index contributed by atoms with van der Waals surface area (Å²) in [6.07, 6.45) is 1.02. The van der Waals surface area contributed by atoms with Gasteiger partial charge in [0.2, 0.25) is 0 Å². The van der Waals surface area contributed by atoms with Crippen LogP contribution >= 0.6 is 0 Å². The molecule has 0 heterocycles. The summed E-state index contributed by atoms with van der Waals surface area (Å²) < 4.78 is 13.0. The molecule has 0 bridgehead atoms. The SMILES string of the molecule is CCC(NC(C)c1ccc(F)cc1)c1ccc(C)cc1. The van der Waals surface area contributed by atoms with E-state index in [1.165, 1.54) is 23.3 Å². The van der Waals surface area contributed by atoms with Crippen LogP contribution in [0.4, 0.5) is 4.39 Å². The molecule has 2 heteroatoms. The Morgan fingerprint density at radius 3 is 2.05 bits per heavy atom. The molecule has 2 atom stereocenters. The summed E-state index contributed by atoms with van der Waals surface area (Å²) in [5.41, 5.74) is 3.68. The fraction of sp³-hybridized carbons (Fsp3) is 0.333. The van der Waals surface area contributed by atoms with Crippen LogP contribution in [-0.4, -0.2) is 0 Å². The average molecular weight is 271 g/mol. The molecule has 1 N–H and O–H groups in total. The molecule has 1 nitrogen and oxygen atoms in total. The van der Waals surface area contributed by atoms with Gasteiger partial charge in [-0.25, -0.2) is 4.39 Å². The molecular formula is C18H22FN. The third kappa shape index (κ3) is 3.67. The van der Waals surface area contributed by atoms with Gasteiger partial charge in [-0.2, -0.15) is 0 Å². The number of hydrogen-bond donors (Lipinski definition) is 1. The molecule has 2 aromatic rings. The Kier molecular flexibility index (Phi) is 4.91. The van der Waals surface area contributed by atoms with E-state index in [9.17, 15) is 4.39 Å². The third-order valence-corrected chi connectivity index (χ3v) is 3.71. The molecule has 106 valence electrons. The van der Waals surface area contributed by atoms with Crippen molar-refractivity contribution in [2.24, 2.45) is 0 Å². The number of rotatable bonds is 5. The topological polar surface area (TPSA) is 12.0 Å². The standard InChI is InChI=1S/C18H22FN/c1-4-18(16-7-5-13(2)6-8-16)20-14(3)15-9-11-17(19)12-10-15/h5-12,14,18,20H,4H2,1-3H3. The Balaban J connectivity index is 2.09. The van der Waals surface area contributed by atoms with E-state index in [-0.39, 0.29) is 11.9 Å². The van der Waals surface area contributed by atoms with E-state index in [1.807, 2.05) is 12.1 Å². The predicted octanol–water partition coefficient (Wildman–Crippen LogP) is 4.94. The van der Waals surface area contributed by atoms with Crippen molar-refractivity contribution in [3.8, 4) is 0 Å². The van der Waals surface area contributed by atoms with Gasteiger partial charge >= 0.3 is 0 Å². The van der Waals surface area contributed by atoms with Crippen LogP contribution in [0.3, 0.4) is 0 Å². The zero-order chi connectivity index (χ0) is 14.5. The van der Waals surface area contributed by atoms with E-state index in [1.54, 1.807) is 0 Å². The average Bonchev–Trinajstić information content (AvgIpc) is 2.46. The second-order valence-corrected chi connectivity index (χ2v) is 5.31. The Morgan fingerprint density at radius 1 is 0.950 bits per heavy atom. The van der Waals surface area contributed by atoms with Crippen molar-refractivity contribution in [3.05, 3.63) is 71.0 Å². The maximum atomic E-state index is 13.0. The van der Waals surface area contributed by atoms with E-state index in [0.717, 1.165) is 12.0 Å². The largest absolute Gasteiger partial charge is 0.303 e. The fourth-order valence-electron chi connectivity index (χ4n) is 2.40. The van der Waals surface area contributed by atoms with Gasteiger partial charge in [0.1, 0.15) is 5.82 Å². The van der Waals surface area contributed by atoms with Crippen molar-refractivity contribution in [2.45, 2.75) is 39.3 Å². The summed E-state index contributed by atoms with van der Waals surface area (Å²) >= 11 is 0.